The van der Waals surface area contributed by atoms with Crippen molar-refractivity contribution in [2.45, 2.75) is 38.1 Å². The van der Waals surface area contributed by atoms with Crippen molar-refractivity contribution in [1.29, 1.82) is 0 Å². The van der Waals surface area contributed by atoms with Crippen molar-refractivity contribution in [3.8, 4) is 17.0 Å². The van der Waals surface area contributed by atoms with Gasteiger partial charge in [0, 0.05) is 30.0 Å². The van der Waals surface area contributed by atoms with Crippen molar-refractivity contribution in [2.75, 3.05) is 6.61 Å². The highest BCUT2D eigenvalue weighted by molar-refractivity contribution is 5.98. The van der Waals surface area contributed by atoms with E-state index in [9.17, 15) is 9.59 Å². The van der Waals surface area contributed by atoms with Crippen molar-refractivity contribution in [2.24, 2.45) is 0 Å². The maximum atomic E-state index is 15.2. The molecule has 8 heteroatoms. The monoisotopic (exact) mass is 499 g/mol. The number of hydrogen-bond donors (Lipinski definition) is 2. The molecule has 0 aliphatic carbocycles. The number of hydrogen-bond acceptors (Lipinski definition) is 5. The average molecular weight is 500 g/mol. The number of carboxylic acids is 1. The third-order valence-electron chi connectivity index (χ3n) is 6.44. The van der Waals surface area contributed by atoms with Crippen LogP contribution in [0.5, 0.6) is 5.75 Å². The molecule has 4 aromatic rings. The SMILES string of the molecule is O=C(O)CCCCc1nc2cc(C(=O)N[C@@H]3CCOc4ccccc43)c(F)cc2nc1-c1ccccc1. The molecular formula is C29H26FN3O4. The van der Waals surface area contributed by atoms with Crippen molar-refractivity contribution < 1.29 is 23.8 Å². The van der Waals surface area contributed by atoms with Gasteiger partial charge in [-0.1, -0.05) is 48.5 Å². The number of carboxylic acid groups (broad SMARTS) is 1. The van der Waals surface area contributed by atoms with E-state index in [4.69, 9.17) is 19.8 Å². The Labute approximate surface area is 213 Å². The summed E-state index contributed by atoms with van der Waals surface area (Å²) in [6, 6.07) is 19.4. The van der Waals surface area contributed by atoms with Crippen LogP contribution in [0, 0.1) is 5.82 Å². The van der Waals surface area contributed by atoms with Gasteiger partial charge in [-0.25, -0.2) is 14.4 Å². The Kier molecular flexibility index (Phi) is 7.07. The molecular weight excluding hydrogens is 473 g/mol. The second kappa shape index (κ2) is 10.7. The normalized spacial score (nSPS) is 14.6. The molecule has 0 saturated carbocycles. The average Bonchev–Trinajstić information content (AvgIpc) is 2.91. The van der Waals surface area contributed by atoms with Crippen LogP contribution in [0.1, 0.15) is 53.3 Å². The first-order chi connectivity index (χ1) is 18.0. The molecule has 1 atom stereocenters. The van der Waals surface area contributed by atoms with Crippen LogP contribution in [0.3, 0.4) is 0 Å². The molecule has 2 N–H and O–H groups in total. The van der Waals surface area contributed by atoms with Crippen molar-refractivity contribution in [3.63, 3.8) is 0 Å². The van der Waals surface area contributed by atoms with Crippen LogP contribution in [-0.2, 0) is 11.2 Å². The number of nitrogens with zero attached hydrogens (tertiary/aromatic N) is 2. The molecule has 0 fully saturated rings. The number of aliphatic carboxylic acids is 1. The molecule has 37 heavy (non-hydrogen) atoms. The van der Waals surface area contributed by atoms with Gasteiger partial charge in [-0.15, -0.1) is 0 Å². The maximum absolute atomic E-state index is 15.2. The van der Waals surface area contributed by atoms with Crippen LogP contribution in [0.15, 0.2) is 66.7 Å². The summed E-state index contributed by atoms with van der Waals surface area (Å²) in [5, 5.41) is 11.9. The molecule has 1 aliphatic rings. The highest BCUT2D eigenvalue weighted by Gasteiger charge is 2.25. The van der Waals surface area contributed by atoms with E-state index in [0.717, 1.165) is 11.1 Å². The molecule has 188 valence electrons. The van der Waals surface area contributed by atoms with Gasteiger partial charge < -0.3 is 15.2 Å². The number of carbonyl (C=O) groups excluding carboxylic acids is 1. The van der Waals surface area contributed by atoms with Gasteiger partial charge in [-0.2, -0.15) is 0 Å². The highest BCUT2D eigenvalue weighted by Crippen LogP contribution is 2.32. The largest absolute Gasteiger partial charge is 0.493 e. The number of aromatic nitrogens is 2. The van der Waals surface area contributed by atoms with Gasteiger partial charge in [-0.05, 0) is 31.4 Å². The number of carbonyl (C=O) groups is 2. The summed E-state index contributed by atoms with van der Waals surface area (Å²) in [5.74, 6) is -1.33. The van der Waals surface area contributed by atoms with Gasteiger partial charge in [0.05, 0.1) is 40.6 Å². The topological polar surface area (TPSA) is 101 Å². The van der Waals surface area contributed by atoms with E-state index >= 15 is 4.39 Å². The molecule has 1 aliphatic heterocycles. The van der Waals surface area contributed by atoms with E-state index < -0.39 is 17.7 Å². The second-order valence-electron chi connectivity index (χ2n) is 9.01. The third kappa shape index (κ3) is 5.43. The summed E-state index contributed by atoms with van der Waals surface area (Å²) in [6.07, 6.45) is 2.29. The molecule has 5 rings (SSSR count). The summed E-state index contributed by atoms with van der Waals surface area (Å²) in [7, 11) is 0. The van der Waals surface area contributed by atoms with Gasteiger partial charge in [0.2, 0.25) is 0 Å². The fourth-order valence-corrected chi connectivity index (χ4v) is 4.59. The van der Waals surface area contributed by atoms with Gasteiger partial charge in [0.25, 0.3) is 5.91 Å². The Morgan fingerprint density at radius 2 is 1.76 bits per heavy atom. The van der Waals surface area contributed by atoms with E-state index in [1.165, 1.54) is 12.1 Å². The molecule has 1 amide bonds. The zero-order valence-electron chi connectivity index (χ0n) is 20.1. The van der Waals surface area contributed by atoms with Crippen LogP contribution < -0.4 is 10.1 Å². The van der Waals surface area contributed by atoms with Gasteiger partial charge in [0.15, 0.2) is 0 Å². The molecule has 1 aromatic heterocycles. The highest BCUT2D eigenvalue weighted by atomic mass is 19.1. The van der Waals surface area contributed by atoms with Crippen LogP contribution in [0.25, 0.3) is 22.3 Å². The summed E-state index contributed by atoms with van der Waals surface area (Å²) >= 11 is 0. The predicted octanol–water partition coefficient (Wildman–Crippen LogP) is 5.49. The minimum Gasteiger partial charge on any atom is -0.493 e. The fraction of sp³-hybridized carbons (Fsp3) is 0.241. The van der Waals surface area contributed by atoms with Gasteiger partial charge in [-0.3, -0.25) is 9.59 Å². The molecule has 3 aromatic carbocycles. The smallest absolute Gasteiger partial charge is 0.303 e. The Bertz CT molecular complexity index is 1460. The Balaban J connectivity index is 1.47. The Morgan fingerprint density at radius 3 is 2.57 bits per heavy atom. The first-order valence-electron chi connectivity index (χ1n) is 12.3. The lowest BCUT2D eigenvalue weighted by molar-refractivity contribution is -0.137. The number of fused-ring (bicyclic) bond motifs is 2. The quantitative estimate of drug-likeness (QED) is 0.311. The van der Waals surface area contributed by atoms with Gasteiger partial charge >= 0.3 is 5.97 Å². The van der Waals surface area contributed by atoms with Crippen molar-refractivity contribution in [1.82, 2.24) is 15.3 Å². The number of benzene rings is 3. The van der Waals surface area contributed by atoms with E-state index in [2.05, 4.69) is 5.32 Å². The van der Waals surface area contributed by atoms with E-state index in [1.54, 1.807) is 0 Å². The van der Waals surface area contributed by atoms with Crippen LogP contribution in [0.2, 0.25) is 0 Å². The predicted molar refractivity (Wildman–Crippen MR) is 137 cm³/mol. The minimum atomic E-state index is -0.842. The Morgan fingerprint density at radius 1 is 1.00 bits per heavy atom. The van der Waals surface area contributed by atoms with E-state index in [-0.39, 0.29) is 18.0 Å². The number of rotatable bonds is 8. The first-order valence-corrected chi connectivity index (χ1v) is 12.3. The van der Waals surface area contributed by atoms with E-state index in [1.807, 2.05) is 54.6 Å². The molecule has 0 bridgehead atoms. The summed E-state index contributed by atoms with van der Waals surface area (Å²) in [4.78, 5) is 33.5. The fourth-order valence-electron chi connectivity index (χ4n) is 4.59. The van der Waals surface area contributed by atoms with Crippen molar-refractivity contribution in [3.05, 3.63) is 89.4 Å². The third-order valence-corrected chi connectivity index (χ3v) is 6.44. The number of nitrogens with one attached hydrogen (secondary N) is 1. The zero-order valence-corrected chi connectivity index (χ0v) is 20.1. The molecule has 0 spiro atoms. The maximum Gasteiger partial charge on any atom is 0.303 e. The Hall–Kier alpha value is -4.33. The molecule has 7 nitrogen and oxygen atoms in total. The number of para-hydroxylation sites is 1. The number of halogens is 1. The molecule has 0 unspecified atom stereocenters. The number of amides is 1. The van der Waals surface area contributed by atoms with Crippen molar-refractivity contribution >= 4 is 22.9 Å². The number of unbranched alkanes of at least 4 members (excludes halogenated alkanes) is 1. The first kappa shape index (κ1) is 24.4. The second-order valence-corrected chi connectivity index (χ2v) is 9.01. The summed E-state index contributed by atoms with van der Waals surface area (Å²) in [6.45, 7) is 0.459. The van der Waals surface area contributed by atoms with Crippen LogP contribution in [-0.4, -0.2) is 33.6 Å². The number of aryl methyl sites for hydroxylation is 1. The molecule has 2 heterocycles. The zero-order chi connectivity index (χ0) is 25.8. The number of ether oxygens (including phenoxy) is 1. The van der Waals surface area contributed by atoms with Crippen LogP contribution in [0.4, 0.5) is 4.39 Å². The van der Waals surface area contributed by atoms with Gasteiger partial charge in [0.1, 0.15) is 11.6 Å². The van der Waals surface area contributed by atoms with Crippen LogP contribution >= 0.6 is 0 Å². The van der Waals surface area contributed by atoms with E-state index in [0.29, 0.717) is 60.5 Å². The summed E-state index contributed by atoms with van der Waals surface area (Å²) < 4.78 is 20.8. The molecule has 0 radical (unpaired) electrons. The molecule has 0 saturated heterocycles. The lowest BCUT2D eigenvalue weighted by Crippen LogP contribution is -2.32. The lowest BCUT2D eigenvalue weighted by Gasteiger charge is -2.26. The lowest BCUT2D eigenvalue weighted by atomic mass is 10.00. The minimum absolute atomic E-state index is 0.0759. The summed E-state index contributed by atoms with van der Waals surface area (Å²) in [5.41, 5.74) is 3.66. The standard InChI is InChI=1S/C29H26FN3O4/c30-21-17-25-24(16-20(21)29(36)33-22-14-15-37-26-12-6-4-10-19(22)26)31-23(11-5-7-13-27(34)35)28(32-25)18-8-2-1-3-9-18/h1-4,6,8-10,12,16-17,22H,5,7,11,13-15H2,(H,33,36)(H,34,35)/t22-/m1/s1.